The fraction of sp³-hybridized carbons (Fsp3) is 1.00. The predicted octanol–water partition coefficient (Wildman–Crippen LogP) is 2.23. The van der Waals surface area contributed by atoms with E-state index in [0.717, 1.165) is 39.5 Å². The molecule has 2 aliphatic heterocycles. The van der Waals surface area contributed by atoms with Crippen LogP contribution in [0.25, 0.3) is 0 Å². The monoisotopic (exact) mass is 286 g/mol. The van der Waals surface area contributed by atoms with Crippen LogP contribution in [0.15, 0.2) is 0 Å². The lowest BCUT2D eigenvalue weighted by Gasteiger charge is -2.37. The Hall–Kier alpha value is -0.160. The van der Waals surface area contributed by atoms with E-state index in [-0.39, 0.29) is 0 Å². The molecule has 0 aliphatic carbocycles. The minimum absolute atomic E-state index is 0.427. The lowest BCUT2D eigenvalue weighted by atomic mass is 10.2. The van der Waals surface area contributed by atoms with Crippen LogP contribution in [-0.4, -0.2) is 73.5 Å². The van der Waals surface area contributed by atoms with Gasteiger partial charge in [-0.3, -0.25) is 9.80 Å². The minimum Gasteiger partial charge on any atom is -0.378 e. The normalized spacial score (nSPS) is 32.9. The van der Waals surface area contributed by atoms with E-state index in [2.05, 4.69) is 51.3 Å². The van der Waals surface area contributed by atoms with Crippen molar-refractivity contribution in [1.82, 2.24) is 9.80 Å². The third kappa shape index (κ3) is 5.68. The molecular formula is C16H34N2O2. The van der Waals surface area contributed by atoms with Gasteiger partial charge in [0.2, 0.25) is 0 Å². The van der Waals surface area contributed by atoms with Crippen LogP contribution < -0.4 is 0 Å². The number of nitrogens with zero attached hydrogens (tertiary/aromatic N) is 2. The van der Waals surface area contributed by atoms with Gasteiger partial charge >= 0.3 is 0 Å². The van der Waals surface area contributed by atoms with Crippen molar-refractivity contribution in [2.75, 3.05) is 39.5 Å². The van der Waals surface area contributed by atoms with Crippen LogP contribution in [0, 0.1) is 0 Å². The van der Waals surface area contributed by atoms with Crippen molar-refractivity contribution in [2.24, 2.45) is 0 Å². The quantitative estimate of drug-likeness (QED) is 0.777. The van der Waals surface area contributed by atoms with Crippen molar-refractivity contribution in [3.63, 3.8) is 0 Å². The third-order valence-electron chi connectivity index (χ3n) is 4.22. The largest absolute Gasteiger partial charge is 0.378 e. The molecule has 3 atom stereocenters. The molecule has 2 saturated heterocycles. The van der Waals surface area contributed by atoms with Crippen LogP contribution in [0.1, 0.15) is 41.5 Å². The first-order valence-corrected chi connectivity index (χ1v) is 8.14. The summed E-state index contributed by atoms with van der Waals surface area (Å²) in [5.74, 6) is 0. The molecule has 0 bridgehead atoms. The first kappa shape index (κ1) is 17.9. The Morgan fingerprint density at radius 2 is 1.70 bits per heavy atom. The second kappa shape index (κ2) is 8.98. The highest BCUT2D eigenvalue weighted by atomic mass is 16.5. The number of ether oxygens (including phenoxy) is 2. The average Bonchev–Trinajstić information content (AvgIpc) is 2.39. The molecule has 0 N–H and O–H groups in total. The van der Waals surface area contributed by atoms with Gasteiger partial charge in [-0.25, -0.2) is 0 Å². The summed E-state index contributed by atoms with van der Waals surface area (Å²) in [6, 6.07) is 1.88. The van der Waals surface area contributed by atoms with Crippen molar-refractivity contribution >= 4 is 0 Å². The fourth-order valence-electron chi connectivity index (χ4n) is 2.97. The highest BCUT2D eigenvalue weighted by Crippen LogP contribution is 2.11. The van der Waals surface area contributed by atoms with E-state index in [1.165, 1.54) is 0 Å². The molecule has 0 aromatic rings. The maximum atomic E-state index is 5.42. The highest BCUT2D eigenvalue weighted by Gasteiger charge is 2.23. The van der Waals surface area contributed by atoms with Gasteiger partial charge in [0.15, 0.2) is 0 Å². The van der Waals surface area contributed by atoms with E-state index < -0.39 is 0 Å². The van der Waals surface area contributed by atoms with Crippen molar-refractivity contribution in [1.29, 1.82) is 0 Å². The van der Waals surface area contributed by atoms with Gasteiger partial charge in [-0.15, -0.1) is 0 Å². The fourth-order valence-corrected chi connectivity index (χ4v) is 2.97. The van der Waals surface area contributed by atoms with E-state index in [9.17, 15) is 0 Å². The molecule has 0 radical (unpaired) electrons. The summed E-state index contributed by atoms with van der Waals surface area (Å²) in [6.45, 7) is 19.3. The number of hydrogen-bond donors (Lipinski definition) is 0. The Morgan fingerprint density at radius 3 is 2.05 bits per heavy atom. The van der Waals surface area contributed by atoms with Crippen molar-refractivity contribution in [3.8, 4) is 0 Å². The molecule has 0 aromatic carbocycles. The SMILES string of the molecule is CC1CN(C(C)C)CCO1.CCN1C(C)COCC1C. The smallest absolute Gasteiger partial charge is 0.0674 e. The highest BCUT2D eigenvalue weighted by molar-refractivity contribution is 4.76. The summed E-state index contributed by atoms with van der Waals surface area (Å²) >= 11 is 0. The van der Waals surface area contributed by atoms with Gasteiger partial charge in [-0.2, -0.15) is 0 Å². The summed E-state index contributed by atoms with van der Waals surface area (Å²) in [5.41, 5.74) is 0. The van der Waals surface area contributed by atoms with Gasteiger partial charge in [0.1, 0.15) is 0 Å². The van der Waals surface area contributed by atoms with E-state index in [1.807, 2.05) is 0 Å². The van der Waals surface area contributed by atoms with Gasteiger partial charge in [0.05, 0.1) is 25.9 Å². The van der Waals surface area contributed by atoms with Gasteiger partial charge in [-0.05, 0) is 41.2 Å². The molecule has 4 nitrogen and oxygen atoms in total. The zero-order chi connectivity index (χ0) is 15.1. The van der Waals surface area contributed by atoms with E-state index in [0.29, 0.717) is 24.2 Å². The van der Waals surface area contributed by atoms with Gasteiger partial charge < -0.3 is 9.47 Å². The summed E-state index contributed by atoms with van der Waals surface area (Å²) in [4.78, 5) is 4.93. The molecule has 20 heavy (non-hydrogen) atoms. The molecule has 2 fully saturated rings. The van der Waals surface area contributed by atoms with E-state index >= 15 is 0 Å². The summed E-state index contributed by atoms with van der Waals surface area (Å²) in [7, 11) is 0. The molecule has 0 aromatic heterocycles. The van der Waals surface area contributed by atoms with E-state index in [4.69, 9.17) is 9.47 Å². The van der Waals surface area contributed by atoms with Crippen molar-refractivity contribution in [2.45, 2.75) is 65.8 Å². The first-order chi connectivity index (χ1) is 9.45. The van der Waals surface area contributed by atoms with Crippen LogP contribution in [0.3, 0.4) is 0 Å². The van der Waals surface area contributed by atoms with Gasteiger partial charge in [0, 0.05) is 31.2 Å². The summed E-state index contributed by atoms with van der Waals surface area (Å²) in [5, 5.41) is 0. The predicted molar refractivity (Wildman–Crippen MR) is 84.2 cm³/mol. The minimum atomic E-state index is 0.427. The molecule has 0 saturated carbocycles. The number of hydrogen-bond acceptors (Lipinski definition) is 4. The zero-order valence-corrected chi connectivity index (χ0v) is 14.3. The van der Waals surface area contributed by atoms with Crippen molar-refractivity contribution < 1.29 is 9.47 Å². The Morgan fingerprint density at radius 1 is 1.10 bits per heavy atom. The Bertz CT molecular complexity index is 251. The molecule has 120 valence electrons. The number of rotatable bonds is 2. The van der Waals surface area contributed by atoms with Crippen LogP contribution in [0.5, 0.6) is 0 Å². The Kier molecular flexibility index (Phi) is 8.03. The molecule has 3 unspecified atom stereocenters. The van der Waals surface area contributed by atoms with Crippen LogP contribution in [0.4, 0.5) is 0 Å². The van der Waals surface area contributed by atoms with E-state index in [1.54, 1.807) is 0 Å². The van der Waals surface area contributed by atoms with Crippen LogP contribution >= 0.6 is 0 Å². The second-order valence-electron chi connectivity index (χ2n) is 6.34. The second-order valence-corrected chi connectivity index (χ2v) is 6.34. The molecule has 2 heterocycles. The topological polar surface area (TPSA) is 24.9 Å². The van der Waals surface area contributed by atoms with Crippen molar-refractivity contribution in [3.05, 3.63) is 0 Å². The van der Waals surface area contributed by atoms with Crippen LogP contribution in [0.2, 0.25) is 0 Å². The zero-order valence-electron chi connectivity index (χ0n) is 14.3. The lowest BCUT2D eigenvalue weighted by Crippen LogP contribution is -2.49. The molecule has 2 rings (SSSR count). The molecule has 2 aliphatic rings. The number of likely N-dealkylation sites (N-methyl/N-ethyl adjacent to an activating group) is 1. The Balaban J connectivity index is 0.000000200. The average molecular weight is 286 g/mol. The number of morpholine rings is 2. The third-order valence-corrected chi connectivity index (χ3v) is 4.22. The molecule has 0 spiro atoms. The summed E-state index contributed by atoms with van der Waals surface area (Å²) in [6.07, 6.45) is 0.427. The standard InChI is InChI=1S/2C8H17NO/c1-7(2)9-4-5-10-8(3)6-9;1-4-9-7(2)5-10-6-8(9)3/h2*7-8H,4-6H2,1-3H3. The lowest BCUT2D eigenvalue weighted by molar-refractivity contribution is -0.0338. The summed E-state index contributed by atoms with van der Waals surface area (Å²) < 4.78 is 10.8. The Labute approximate surface area is 125 Å². The van der Waals surface area contributed by atoms with Gasteiger partial charge in [0.25, 0.3) is 0 Å². The first-order valence-electron chi connectivity index (χ1n) is 8.14. The van der Waals surface area contributed by atoms with Crippen LogP contribution in [-0.2, 0) is 9.47 Å². The molecule has 4 heteroatoms. The molecule has 0 amide bonds. The maximum Gasteiger partial charge on any atom is 0.0674 e. The molecular weight excluding hydrogens is 252 g/mol. The van der Waals surface area contributed by atoms with Gasteiger partial charge in [-0.1, -0.05) is 6.92 Å². The maximum absolute atomic E-state index is 5.42.